The molecule has 5 aromatic heterocycles. The van der Waals surface area contributed by atoms with Crippen molar-refractivity contribution in [2.75, 3.05) is 13.1 Å². The molecule has 2 atom stereocenters. The number of nitrogens with two attached hydrogens (primary N) is 1. The number of benzene rings is 1. The van der Waals surface area contributed by atoms with Gasteiger partial charge in [0, 0.05) is 47.2 Å². The Morgan fingerprint density at radius 2 is 1.95 bits per heavy atom. The first-order valence-corrected chi connectivity index (χ1v) is 14.5. The molecule has 9 nitrogen and oxygen atoms in total. The molecule has 1 saturated carbocycles. The van der Waals surface area contributed by atoms with Crippen LogP contribution in [0.15, 0.2) is 60.9 Å². The van der Waals surface area contributed by atoms with Crippen LogP contribution in [0, 0.1) is 12.8 Å². The van der Waals surface area contributed by atoms with E-state index in [2.05, 4.69) is 58.1 Å². The van der Waals surface area contributed by atoms with Crippen molar-refractivity contribution in [3.63, 3.8) is 0 Å². The van der Waals surface area contributed by atoms with Crippen LogP contribution in [0.4, 0.5) is 4.39 Å². The molecule has 1 amide bonds. The highest BCUT2D eigenvalue weighted by Gasteiger charge is 2.30. The summed E-state index contributed by atoms with van der Waals surface area (Å²) in [6, 6.07) is 16.0. The molecule has 8 rings (SSSR count). The van der Waals surface area contributed by atoms with Crippen LogP contribution in [0.1, 0.15) is 35.2 Å². The third kappa shape index (κ3) is 4.25. The van der Waals surface area contributed by atoms with Crippen molar-refractivity contribution >= 4 is 33.4 Å². The summed E-state index contributed by atoms with van der Waals surface area (Å²) in [4.78, 5) is 19.9. The SMILES string of the molecule is Cc1c(-c2cc3ccc(-c4ccc5cn[nH]c5c4)nc3n2CC2CC2)nn2cc(C(=O)N3C[C@H](N)C[C@@H](F)C3)ccc12. The van der Waals surface area contributed by atoms with Crippen molar-refractivity contribution < 1.29 is 9.18 Å². The van der Waals surface area contributed by atoms with Gasteiger partial charge in [0.2, 0.25) is 0 Å². The first kappa shape index (κ1) is 25.2. The Morgan fingerprint density at radius 3 is 2.79 bits per heavy atom. The van der Waals surface area contributed by atoms with Gasteiger partial charge in [0.05, 0.1) is 40.7 Å². The molecule has 1 saturated heterocycles. The van der Waals surface area contributed by atoms with E-state index in [9.17, 15) is 9.18 Å². The molecular formula is C32H31FN8O. The number of fused-ring (bicyclic) bond motifs is 3. The number of H-pyrrole nitrogens is 1. The zero-order valence-corrected chi connectivity index (χ0v) is 23.3. The number of nitrogens with one attached hydrogen (secondary N) is 1. The van der Waals surface area contributed by atoms with Crippen molar-refractivity contribution in [2.24, 2.45) is 11.7 Å². The van der Waals surface area contributed by atoms with Crippen LogP contribution in [-0.2, 0) is 6.54 Å². The number of aromatic nitrogens is 6. The highest BCUT2D eigenvalue weighted by Crippen LogP contribution is 2.37. The number of likely N-dealkylation sites (tertiary alicyclic amines) is 1. The molecule has 3 N–H and O–H groups in total. The fourth-order valence-corrected chi connectivity index (χ4v) is 6.29. The average molecular weight is 563 g/mol. The van der Waals surface area contributed by atoms with E-state index in [4.69, 9.17) is 15.8 Å². The minimum absolute atomic E-state index is 0.0694. The minimum atomic E-state index is -1.10. The number of rotatable bonds is 5. The van der Waals surface area contributed by atoms with Gasteiger partial charge in [-0.05, 0) is 68.5 Å². The maximum Gasteiger partial charge on any atom is 0.255 e. The summed E-state index contributed by atoms with van der Waals surface area (Å²) in [6.07, 6.45) is 5.18. The monoisotopic (exact) mass is 562 g/mol. The first-order chi connectivity index (χ1) is 20.4. The topological polar surface area (TPSA) is 110 Å². The number of carbonyl (C=O) groups is 1. The molecule has 0 unspecified atom stereocenters. The zero-order valence-electron chi connectivity index (χ0n) is 23.3. The highest BCUT2D eigenvalue weighted by molar-refractivity contribution is 5.95. The highest BCUT2D eigenvalue weighted by atomic mass is 19.1. The molecule has 0 bridgehead atoms. The lowest BCUT2D eigenvalue weighted by molar-refractivity contribution is 0.0606. The summed E-state index contributed by atoms with van der Waals surface area (Å²) in [5, 5.41) is 14.3. The summed E-state index contributed by atoms with van der Waals surface area (Å²) in [5.74, 6) is 0.403. The number of amides is 1. The lowest BCUT2D eigenvalue weighted by atomic mass is 10.0. The van der Waals surface area contributed by atoms with Crippen LogP contribution in [0.3, 0.4) is 0 Å². The Labute approximate surface area is 241 Å². The van der Waals surface area contributed by atoms with E-state index >= 15 is 0 Å². The summed E-state index contributed by atoms with van der Waals surface area (Å²) >= 11 is 0. The smallest absolute Gasteiger partial charge is 0.255 e. The molecule has 0 radical (unpaired) electrons. The standard InChI is InChI=1S/C32H31FN8O/c1-18-28-9-7-23(32(42)39-16-24(33)12-25(34)17-39)15-41(28)38-30(18)29-11-21-6-8-26(36-31(21)40(29)14-19-2-3-19)20-4-5-22-13-35-37-27(22)10-20/h4-11,13,15,19,24-25H,2-3,12,14,16-17,34H2,1H3,(H,35,37)/t24-,25-/m1/s1. The molecule has 42 heavy (non-hydrogen) atoms. The Hall–Kier alpha value is -4.57. The van der Waals surface area contributed by atoms with Crippen LogP contribution in [-0.4, -0.2) is 65.5 Å². The van der Waals surface area contributed by atoms with Gasteiger partial charge in [0.15, 0.2) is 0 Å². The molecule has 212 valence electrons. The van der Waals surface area contributed by atoms with E-state index in [1.807, 2.05) is 12.3 Å². The Morgan fingerprint density at radius 1 is 1.10 bits per heavy atom. The predicted octanol–water partition coefficient (Wildman–Crippen LogP) is 5.12. The summed E-state index contributed by atoms with van der Waals surface area (Å²) in [6.45, 7) is 3.37. The van der Waals surface area contributed by atoms with E-state index in [0.717, 1.165) is 62.2 Å². The molecule has 1 aliphatic carbocycles. The molecule has 0 spiro atoms. The van der Waals surface area contributed by atoms with E-state index in [-0.39, 0.29) is 24.9 Å². The van der Waals surface area contributed by atoms with Crippen molar-refractivity contribution in [1.29, 1.82) is 0 Å². The second-order valence-corrected chi connectivity index (χ2v) is 11.9. The third-order valence-corrected chi connectivity index (χ3v) is 8.70. The number of aryl methyl sites for hydroxylation is 1. The van der Waals surface area contributed by atoms with E-state index < -0.39 is 6.17 Å². The molecule has 1 aromatic carbocycles. The van der Waals surface area contributed by atoms with E-state index in [1.54, 1.807) is 16.8 Å². The van der Waals surface area contributed by atoms with Gasteiger partial charge in [-0.2, -0.15) is 10.2 Å². The number of carbonyl (C=O) groups excluding carboxylic acids is 1. The van der Waals surface area contributed by atoms with Crippen LogP contribution in [0.25, 0.3) is 50.1 Å². The number of hydrogen-bond donors (Lipinski definition) is 2. The van der Waals surface area contributed by atoms with Crippen molar-refractivity contribution in [3.8, 4) is 22.6 Å². The maximum atomic E-state index is 14.1. The van der Waals surface area contributed by atoms with Crippen LogP contribution in [0.2, 0.25) is 0 Å². The van der Waals surface area contributed by atoms with Crippen LogP contribution < -0.4 is 5.73 Å². The largest absolute Gasteiger partial charge is 0.334 e. The summed E-state index contributed by atoms with van der Waals surface area (Å²) in [5.41, 5.74) is 14.1. The van der Waals surface area contributed by atoms with Gasteiger partial charge in [-0.15, -0.1) is 0 Å². The minimum Gasteiger partial charge on any atom is -0.334 e. The van der Waals surface area contributed by atoms with Crippen molar-refractivity contribution in [1.82, 2.24) is 34.3 Å². The number of aromatic amines is 1. The molecular weight excluding hydrogens is 531 g/mol. The molecule has 6 heterocycles. The summed E-state index contributed by atoms with van der Waals surface area (Å²) < 4.78 is 18.2. The van der Waals surface area contributed by atoms with Gasteiger partial charge < -0.3 is 15.2 Å². The summed E-state index contributed by atoms with van der Waals surface area (Å²) in [7, 11) is 0. The predicted molar refractivity (Wildman–Crippen MR) is 160 cm³/mol. The fourth-order valence-electron chi connectivity index (χ4n) is 6.29. The second-order valence-electron chi connectivity index (χ2n) is 11.9. The number of alkyl halides is 1. The van der Waals surface area contributed by atoms with Gasteiger partial charge >= 0.3 is 0 Å². The molecule has 1 aliphatic heterocycles. The van der Waals surface area contributed by atoms with Crippen LogP contribution in [0.5, 0.6) is 0 Å². The van der Waals surface area contributed by atoms with Crippen molar-refractivity contribution in [3.05, 3.63) is 72.1 Å². The van der Waals surface area contributed by atoms with E-state index in [0.29, 0.717) is 18.0 Å². The quantitative estimate of drug-likeness (QED) is 0.303. The maximum absolute atomic E-state index is 14.1. The lowest BCUT2D eigenvalue weighted by Crippen LogP contribution is -2.50. The van der Waals surface area contributed by atoms with E-state index in [1.165, 1.54) is 17.7 Å². The second kappa shape index (κ2) is 9.49. The molecule has 10 heteroatoms. The van der Waals surface area contributed by atoms with Gasteiger partial charge in [0.1, 0.15) is 17.5 Å². The fraction of sp³-hybridized carbons (Fsp3) is 0.312. The lowest BCUT2D eigenvalue weighted by Gasteiger charge is -2.32. The van der Waals surface area contributed by atoms with Crippen LogP contribution >= 0.6 is 0 Å². The Kier molecular flexibility index (Phi) is 5.68. The van der Waals surface area contributed by atoms with Crippen molar-refractivity contribution in [2.45, 2.75) is 44.9 Å². The third-order valence-electron chi connectivity index (χ3n) is 8.70. The number of piperidine rings is 1. The van der Waals surface area contributed by atoms with Gasteiger partial charge in [-0.3, -0.25) is 9.89 Å². The number of pyridine rings is 2. The molecule has 6 aromatic rings. The Bertz CT molecular complexity index is 1990. The number of nitrogens with zero attached hydrogens (tertiary/aromatic N) is 6. The van der Waals surface area contributed by atoms with Gasteiger partial charge in [-0.25, -0.2) is 13.9 Å². The zero-order chi connectivity index (χ0) is 28.5. The number of hydrogen-bond acceptors (Lipinski definition) is 5. The normalized spacial score (nSPS) is 19.4. The average Bonchev–Trinajstić information content (AvgIpc) is 3.41. The Balaban J connectivity index is 1.20. The van der Waals surface area contributed by atoms with Gasteiger partial charge in [0.25, 0.3) is 5.91 Å². The first-order valence-electron chi connectivity index (χ1n) is 14.5. The molecule has 2 aliphatic rings. The van der Waals surface area contributed by atoms with Gasteiger partial charge in [-0.1, -0.05) is 12.1 Å². The molecule has 2 fully saturated rings. The number of halogens is 1.